The first-order valence-corrected chi connectivity index (χ1v) is 9.51. The molecule has 0 unspecified atom stereocenters. The Morgan fingerprint density at radius 3 is 3.07 bits per heavy atom. The van der Waals surface area contributed by atoms with Gasteiger partial charge in [0.15, 0.2) is 0 Å². The van der Waals surface area contributed by atoms with Gasteiger partial charge in [-0.25, -0.2) is 9.97 Å². The molecule has 140 valence electrons. The lowest BCUT2D eigenvalue weighted by Crippen LogP contribution is -2.40. The molecule has 0 radical (unpaired) electrons. The van der Waals surface area contributed by atoms with Crippen LogP contribution < -0.4 is 0 Å². The van der Waals surface area contributed by atoms with Crippen LogP contribution in [0.2, 0.25) is 5.02 Å². The molecule has 0 bridgehead atoms. The summed E-state index contributed by atoms with van der Waals surface area (Å²) in [6.07, 6.45) is 10.4. The summed E-state index contributed by atoms with van der Waals surface area (Å²) in [7, 11) is 0. The third-order valence-electron chi connectivity index (χ3n) is 4.82. The topological polar surface area (TPSA) is 64.2 Å². The van der Waals surface area contributed by atoms with Crippen LogP contribution >= 0.6 is 11.6 Å². The zero-order valence-corrected chi connectivity index (χ0v) is 15.7. The smallest absolute Gasteiger partial charge is 0.243 e. The van der Waals surface area contributed by atoms with Crippen molar-refractivity contribution in [3.05, 3.63) is 71.4 Å². The highest BCUT2D eigenvalue weighted by atomic mass is 35.5. The minimum absolute atomic E-state index is 0.0623. The quantitative estimate of drug-likeness (QED) is 0.669. The van der Waals surface area contributed by atoms with Crippen molar-refractivity contribution >= 4 is 17.5 Å². The Bertz CT molecular complexity index is 906. The van der Waals surface area contributed by atoms with E-state index in [1.54, 1.807) is 29.5 Å². The molecule has 2 aromatic heterocycles. The van der Waals surface area contributed by atoms with E-state index in [9.17, 15) is 4.79 Å². The number of halogens is 1. The van der Waals surface area contributed by atoms with Crippen molar-refractivity contribution in [1.29, 1.82) is 0 Å². The van der Waals surface area contributed by atoms with Gasteiger partial charge in [-0.2, -0.15) is 0 Å². The molecule has 3 heterocycles. The lowest BCUT2D eigenvalue weighted by molar-refractivity contribution is -0.136. The maximum Gasteiger partial charge on any atom is 0.243 e. The predicted molar refractivity (Wildman–Crippen MR) is 101 cm³/mol. The maximum absolute atomic E-state index is 12.8. The highest BCUT2D eigenvalue weighted by Gasteiger charge is 2.31. The van der Waals surface area contributed by atoms with Gasteiger partial charge in [0.2, 0.25) is 11.8 Å². The summed E-state index contributed by atoms with van der Waals surface area (Å²) < 4.78 is 7.80. The Balaban J connectivity index is 1.48. The van der Waals surface area contributed by atoms with Crippen molar-refractivity contribution in [3.63, 3.8) is 0 Å². The molecule has 7 heteroatoms. The van der Waals surface area contributed by atoms with E-state index in [4.69, 9.17) is 16.0 Å². The zero-order valence-electron chi connectivity index (χ0n) is 14.9. The van der Waals surface area contributed by atoms with E-state index in [1.165, 1.54) is 0 Å². The summed E-state index contributed by atoms with van der Waals surface area (Å²) in [5.41, 5.74) is 1.07. The van der Waals surface area contributed by atoms with Crippen LogP contribution in [-0.2, 0) is 17.8 Å². The maximum atomic E-state index is 12.8. The average Bonchev–Trinajstić information content (AvgIpc) is 3.34. The van der Waals surface area contributed by atoms with Gasteiger partial charge in [-0.05, 0) is 37.0 Å². The molecule has 1 amide bonds. The third-order valence-corrected chi connectivity index (χ3v) is 5.06. The molecule has 1 saturated heterocycles. The van der Waals surface area contributed by atoms with Crippen LogP contribution in [0.25, 0.3) is 0 Å². The second-order valence-electron chi connectivity index (χ2n) is 6.81. The molecular weight excluding hydrogens is 364 g/mol. The number of rotatable bonds is 5. The number of imidazole rings is 1. The molecule has 27 heavy (non-hydrogen) atoms. The van der Waals surface area contributed by atoms with E-state index < -0.39 is 0 Å². The molecule has 0 saturated carbocycles. The lowest BCUT2D eigenvalue weighted by atomic mass is 10.0. The molecule has 4 rings (SSSR count). The fraction of sp³-hybridized carbons (Fsp3) is 0.350. The van der Waals surface area contributed by atoms with Crippen LogP contribution in [0.15, 0.2) is 53.6 Å². The van der Waals surface area contributed by atoms with E-state index in [2.05, 4.69) is 9.97 Å². The van der Waals surface area contributed by atoms with Gasteiger partial charge in [0.05, 0.1) is 12.5 Å². The predicted octanol–water partition coefficient (Wildman–Crippen LogP) is 3.87. The Kier molecular flexibility index (Phi) is 5.25. The number of hydrogen-bond donors (Lipinski definition) is 0. The third kappa shape index (κ3) is 4.22. The molecule has 0 N–H and O–H groups in total. The number of carbonyl (C=O) groups is 1. The van der Waals surface area contributed by atoms with E-state index in [-0.39, 0.29) is 18.5 Å². The van der Waals surface area contributed by atoms with Gasteiger partial charge in [-0.15, -0.1) is 0 Å². The molecule has 0 aliphatic carbocycles. The van der Waals surface area contributed by atoms with Crippen LogP contribution in [0.1, 0.15) is 42.5 Å². The van der Waals surface area contributed by atoms with Crippen LogP contribution in [0.3, 0.4) is 0 Å². The molecule has 0 spiro atoms. The van der Waals surface area contributed by atoms with Gasteiger partial charge in [-0.3, -0.25) is 4.79 Å². The standard InChI is InChI=1S/C20H21ClN4O2/c21-16-5-3-4-15(10-16)11-17-12-23-20(27-17)18-6-1-2-8-25(18)19(26)13-24-9-7-22-14-24/h3-5,7,9-10,12,14,18H,1-2,6,8,11,13H2/t18-/m0/s1. The van der Waals surface area contributed by atoms with Gasteiger partial charge < -0.3 is 13.9 Å². The number of benzene rings is 1. The number of carbonyl (C=O) groups excluding carboxylic acids is 1. The van der Waals surface area contributed by atoms with E-state index in [0.717, 1.165) is 37.1 Å². The minimum atomic E-state index is -0.108. The molecular formula is C20H21ClN4O2. The first-order valence-electron chi connectivity index (χ1n) is 9.13. The molecule has 1 atom stereocenters. The van der Waals surface area contributed by atoms with E-state index in [1.807, 2.05) is 29.2 Å². The van der Waals surface area contributed by atoms with Crippen LogP contribution in [0.5, 0.6) is 0 Å². The first-order chi connectivity index (χ1) is 13.2. The van der Waals surface area contributed by atoms with E-state index >= 15 is 0 Å². The molecule has 1 aromatic carbocycles. The van der Waals surface area contributed by atoms with Crippen molar-refractivity contribution in [2.45, 2.75) is 38.3 Å². The van der Waals surface area contributed by atoms with Crippen molar-refractivity contribution in [2.24, 2.45) is 0 Å². The Hall–Kier alpha value is -2.60. The number of likely N-dealkylation sites (tertiary alicyclic amines) is 1. The number of nitrogens with zero attached hydrogens (tertiary/aromatic N) is 4. The lowest BCUT2D eigenvalue weighted by Gasteiger charge is -2.33. The minimum Gasteiger partial charge on any atom is -0.443 e. The van der Waals surface area contributed by atoms with Crippen molar-refractivity contribution in [3.8, 4) is 0 Å². The largest absolute Gasteiger partial charge is 0.443 e. The Morgan fingerprint density at radius 2 is 2.26 bits per heavy atom. The summed E-state index contributed by atoms with van der Waals surface area (Å²) in [4.78, 5) is 23.1. The SMILES string of the molecule is O=C(Cn1ccnc1)N1CCCC[C@H]1c1ncc(Cc2cccc(Cl)c2)o1. The number of amides is 1. The fourth-order valence-corrected chi connectivity index (χ4v) is 3.73. The highest BCUT2D eigenvalue weighted by molar-refractivity contribution is 6.30. The van der Waals surface area contributed by atoms with Crippen LogP contribution in [0, 0.1) is 0 Å². The second-order valence-corrected chi connectivity index (χ2v) is 7.24. The number of aromatic nitrogens is 3. The Morgan fingerprint density at radius 1 is 1.33 bits per heavy atom. The number of piperidine rings is 1. The van der Waals surface area contributed by atoms with E-state index in [0.29, 0.717) is 17.3 Å². The van der Waals surface area contributed by atoms with Gasteiger partial charge in [-0.1, -0.05) is 23.7 Å². The Labute approximate surface area is 162 Å². The summed E-state index contributed by atoms with van der Waals surface area (Å²) in [6, 6.07) is 7.60. The van der Waals surface area contributed by atoms with Gasteiger partial charge in [0, 0.05) is 30.4 Å². The van der Waals surface area contributed by atoms with Gasteiger partial charge in [0.1, 0.15) is 18.3 Å². The fourth-order valence-electron chi connectivity index (χ4n) is 3.52. The normalized spacial score (nSPS) is 17.2. The van der Waals surface area contributed by atoms with Crippen molar-refractivity contribution in [2.75, 3.05) is 6.54 Å². The van der Waals surface area contributed by atoms with Crippen LogP contribution in [-0.4, -0.2) is 31.9 Å². The summed E-state index contributed by atoms with van der Waals surface area (Å²) in [5.74, 6) is 1.46. The molecule has 3 aromatic rings. The van der Waals surface area contributed by atoms with Crippen molar-refractivity contribution in [1.82, 2.24) is 19.4 Å². The number of hydrogen-bond acceptors (Lipinski definition) is 4. The summed E-state index contributed by atoms with van der Waals surface area (Å²) in [5, 5.41) is 0.704. The molecule has 6 nitrogen and oxygen atoms in total. The highest BCUT2D eigenvalue weighted by Crippen LogP contribution is 2.31. The average molecular weight is 385 g/mol. The summed E-state index contributed by atoms with van der Waals surface area (Å²) in [6.45, 7) is 1.01. The monoisotopic (exact) mass is 384 g/mol. The molecule has 1 fully saturated rings. The first kappa shape index (κ1) is 17.8. The number of oxazole rings is 1. The van der Waals surface area contributed by atoms with Crippen LogP contribution in [0.4, 0.5) is 0 Å². The molecule has 1 aliphatic rings. The second kappa shape index (κ2) is 7.96. The zero-order chi connectivity index (χ0) is 18.6. The van der Waals surface area contributed by atoms with Gasteiger partial charge in [0.25, 0.3) is 0 Å². The van der Waals surface area contributed by atoms with Crippen molar-refractivity contribution < 1.29 is 9.21 Å². The van der Waals surface area contributed by atoms with Gasteiger partial charge >= 0.3 is 0 Å². The molecule has 1 aliphatic heterocycles. The summed E-state index contributed by atoms with van der Waals surface area (Å²) >= 11 is 6.05.